The number of likely N-dealkylation sites (tertiary alicyclic amines) is 2. The Hall–Kier alpha value is -2.80. The van der Waals surface area contributed by atoms with Crippen molar-refractivity contribution < 1.29 is 18.7 Å². The van der Waals surface area contributed by atoms with Gasteiger partial charge in [-0.3, -0.25) is 4.90 Å². The zero-order chi connectivity index (χ0) is 21.9. The molecule has 1 N–H and O–H groups in total. The number of carbonyl (C=O) groups is 1. The highest BCUT2D eigenvalue weighted by Crippen LogP contribution is 2.38. The molecule has 2 aromatic rings. The van der Waals surface area contributed by atoms with Crippen LogP contribution in [-0.2, 0) is 6.54 Å². The van der Waals surface area contributed by atoms with Gasteiger partial charge in [-0.1, -0.05) is 18.2 Å². The molecule has 0 spiro atoms. The summed E-state index contributed by atoms with van der Waals surface area (Å²) < 4.78 is 24.5. The quantitative estimate of drug-likeness (QED) is 0.779. The Morgan fingerprint density at radius 1 is 0.969 bits per heavy atom. The molecule has 2 fully saturated rings. The van der Waals surface area contributed by atoms with Crippen LogP contribution in [0.25, 0.3) is 0 Å². The van der Waals surface area contributed by atoms with Crippen molar-refractivity contribution in [3.63, 3.8) is 0 Å². The summed E-state index contributed by atoms with van der Waals surface area (Å²) in [6.07, 6.45) is 3.82. The third-order valence-electron chi connectivity index (χ3n) is 6.70. The SMILES string of the molecule is O=C(NC1CCN(Cc2ccc(F)cc2)CC1)N1CCCC1c1ccc2c(c1)OCCO2. The first-order valence-corrected chi connectivity index (χ1v) is 11.6. The third-order valence-corrected chi connectivity index (χ3v) is 6.70. The van der Waals surface area contributed by atoms with Gasteiger partial charge in [-0.15, -0.1) is 0 Å². The molecular formula is C25H30FN3O3. The van der Waals surface area contributed by atoms with Crippen LogP contribution in [0.2, 0.25) is 0 Å². The van der Waals surface area contributed by atoms with E-state index in [9.17, 15) is 9.18 Å². The molecule has 3 heterocycles. The molecule has 5 rings (SSSR count). The second-order valence-electron chi connectivity index (χ2n) is 8.88. The fraction of sp³-hybridized carbons (Fsp3) is 0.480. The Bertz CT molecular complexity index is 944. The van der Waals surface area contributed by atoms with E-state index < -0.39 is 0 Å². The largest absolute Gasteiger partial charge is 0.486 e. The summed E-state index contributed by atoms with van der Waals surface area (Å²) in [5.41, 5.74) is 2.23. The monoisotopic (exact) mass is 439 g/mol. The molecule has 2 amide bonds. The molecule has 0 saturated carbocycles. The van der Waals surface area contributed by atoms with Crippen LogP contribution < -0.4 is 14.8 Å². The Morgan fingerprint density at radius 3 is 2.50 bits per heavy atom. The first-order valence-electron chi connectivity index (χ1n) is 11.6. The molecule has 7 heteroatoms. The van der Waals surface area contributed by atoms with Crippen LogP contribution in [0.5, 0.6) is 11.5 Å². The minimum Gasteiger partial charge on any atom is -0.486 e. The van der Waals surface area contributed by atoms with Gasteiger partial charge in [0.05, 0.1) is 6.04 Å². The normalized spacial score (nSPS) is 21.5. The number of hydrogen-bond donors (Lipinski definition) is 1. The molecule has 0 bridgehead atoms. The second kappa shape index (κ2) is 9.36. The van der Waals surface area contributed by atoms with E-state index in [2.05, 4.69) is 16.3 Å². The van der Waals surface area contributed by atoms with Gasteiger partial charge in [0, 0.05) is 32.2 Å². The van der Waals surface area contributed by atoms with Crippen molar-refractivity contribution in [2.24, 2.45) is 0 Å². The summed E-state index contributed by atoms with van der Waals surface area (Å²) in [6.45, 7) is 4.58. The van der Waals surface area contributed by atoms with E-state index in [1.165, 1.54) is 12.1 Å². The van der Waals surface area contributed by atoms with Crippen LogP contribution in [0.4, 0.5) is 9.18 Å². The van der Waals surface area contributed by atoms with Crippen LogP contribution >= 0.6 is 0 Å². The van der Waals surface area contributed by atoms with Crippen molar-refractivity contribution in [1.29, 1.82) is 0 Å². The number of ether oxygens (including phenoxy) is 2. The van der Waals surface area contributed by atoms with Crippen molar-refractivity contribution in [2.75, 3.05) is 32.8 Å². The van der Waals surface area contributed by atoms with E-state index in [1.807, 2.05) is 29.2 Å². The van der Waals surface area contributed by atoms with Gasteiger partial charge >= 0.3 is 6.03 Å². The lowest BCUT2D eigenvalue weighted by Crippen LogP contribution is -2.48. The summed E-state index contributed by atoms with van der Waals surface area (Å²) >= 11 is 0. The van der Waals surface area contributed by atoms with E-state index >= 15 is 0 Å². The molecule has 3 aliphatic rings. The molecule has 2 saturated heterocycles. The highest BCUT2D eigenvalue weighted by Gasteiger charge is 2.32. The van der Waals surface area contributed by atoms with Crippen LogP contribution in [0, 0.1) is 5.82 Å². The minimum absolute atomic E-state index is 0.0272. The molecule has 32 heavy (non-hydrogen) atoms. The summed E-state index contributed by atoms with van der Waals surface area (Å²) in [5.74, 6) is 1.35. The molecule has 0 radical (unpaired) electrons. The minimum atomic E-state index is -0.202. The average molecular weight is 440 g/mol. The lowest BCUT2D eigenvalue weighted by Gasteiger charge is -2.34. The number of carbonyl (C=O) groups excluding carboxylic acids is 1. The number of urea groups is 1. The van der Waals surface area contributed by atoms with Crippen molar-refractivity contribution in [1.82, 2.24) is 15.1 Å². The number of hydrogen-bond acceptors (Lipinski definition) is 4. The van der Waals surface area contributed by atoms with Gasteiger partial charge in [-0.25, -0.2) is 9.18 Å². The zero-order valence-electron chi connectivity index (χ0n) is 18.3. The van der Waals surface area contributed by atoms with Gasteiger partial charge in [0.15, 0.2) is 11.5 Å². The first kappa shape index (κ1) is 21.1. The van der Waals surface area contributed by atoms with E-state index in [1.54, 1.807) is 0 Å². The number of rotatable bonds is 4. The summed E-state index contributed by atoms with van der Waals surface area (Å²) in [5, 5.41) is 3.27. The molecule has 1 unspecified atom stereocenters. The molecule has 3 aliphatic heterocycles. The van der Waals surface area contributed by atoms with Crippen LogP contribution in [-0.4, -0.2) is 54.7 Å². The molecule has 0 aromatic heterocycles. The maximum Gasteiger partial charge on any atom is 0.318 e. The first-order chi connectivity index (χ1) is 15.7. The van der Waals surface area contributed by atoms with Crippen molar-refractivity contribution in [3.8, 4) is 11.5 Å². The van der Waals surface area contributed by atoms with Gasteiger partial charge in [0.25, 0.3) is 0 Å². The summed E-state index contributed by atoms with van der Waals surface area (Å²) in [6, 6.07) is 13.0. The Balaban J connectivity index is 1.15. The highest BCUT2D eigenvalue weighted by molar-refractivity contribution is 5.75. The smallest absolute Gasteiger partial charge is 0.318 e. The van der Waals surface area contributed by atoms with E-state index in [4.69, 9.17) is 9.47 Å². The van der Waals surface area contributed by atoms with Gasteiger partial charge < -0.3 is 19.7 Å². The maximum absolute atomic E-state index is 13.1. The van der Waals surface area contributed by atoms with Crippen LogP contribution in [0.1, 0.15) is 42.9 Å². The molecule has 0 aliphatic carbocycles. The van der Waals surface area contributed by atoms with Crippen LogP contribution in [0.15, 0.2) is 42.5 Å². The number of halogens is 1. The highest BCUT2D eigenvalue weighted by atomic mass is 19.1. The summed E-state index contributed by atoms with van der Waals surface area (Å²) in [7, 11) is 0. The molecule has 1 atom stereocenters. The predicted octanol–water partition coefficient (Wildman–Crippen LogP) is 4.11. The molecular weight excluding hydrogens is 409 g/mol. The summed E-state index contributed by atoms with van der Waals surface area (Å²) in [4.78, 5) is 17.4. The molecule has 170 valence electrons. The number of benzene rings is 2. The number of nitrogens with zero attached hydrogens (tertiary/aromatic N) is 2. The fourth-order valence-corrected chi connectivity index (χ4v) is 4.96. The average Bonchev–Trinajstić information content (AvgIpc) is 3.32. The zero-order valence-corrected chi connectivity index (χ0v) is 18.3. The Morgan fingerprint density at radius 2 is 1.72 bits per heavy atom. The van der Waals surface area contributed by atoms with E-state index in [-0.39, 0.29) is 23.9 Å². The lowest BCUT2D eigenvalue weighted by atomic mass is 10.0. The molecule has 6 nitrogen and oxygen atoms in total. The van der Waals surface area contributed by atoms with Crippen molar-refractivity contribution in [3.05, 3.63) is 59.4 Å². The van der Waals surface area contributed by atoms with Gasteiger partial charge in [-0.2, -0.15) is 0 Å². The molecule has 2 aromatic carbocycles. The number of nitrogens with one attached hydrogen (secondary N) is 1. The van der Waals surface area contributed by atoms with Crippen molar-refractivity contribution in [2.45, 2.75) is 44.3 Å². The standard InChI is InChI=1S/C25H30FN3O3/c26-20-6-3-18(4-7-20)17-28-12-9-21(10-13-28)27-25(30)29-11-1-2-22(29)19-5-8-23-24(16-19)32-15-14-31-23/h3-8,16,21-22H,1-2,9-15,17H2,(H,27,30). The Kier molecular flexibility index (Phi) is 6.17. The Labute approximate surface area is 188 Å². The third kappa shape index (κ3) is 4.67. The van der Waals surface area contributed by atoms with Gasteiger partial charge in [0.2, 0.25) is 0 Å². The maximum atomic E-state index is 13.1. The number of fused-ring (bicyclic) bond motifs is 1. The second-order valence-corrected chi connectivity index (χ2v) is 8.88. The van der Waals surface area contributed by atoms with Gasteiger partial charge in [-0.05, 0) is 61.1 Å². The number of amides is 2. The van der Waals surface area contributed by atoms with Crippen molar-refractivity contribution >= 4 is 6.03 Å². The lowest BCUT2D eigenvalue weighted by molar-refractivity contribution is 0.164. The van der Waals surface area contributed by atoms with Crippen LogP contribution in [0.3, 0.4) is 0 Å². The topological polar surface area (TPSA) is 54.0 Å². The van der Waals surface area contributed by atoms with Gasteiger partial charge in [0.1, 0.15) is 19.0 Å². The fourth-order valence-electron chi connectivity index (χ4n) is 4.96. The number of piperidine rings is 1. The van der Waals surface area contributed by atoms with E-state index in [0.29, 0.717) is 13.2 Å². The van der Waals surface area contributed by atoms with E-state index in [0.717, 1.165) is 74.5 Å². The predicted molar refractivity (Wildman–Crippen MR) is 119 cm³/mol.